The van der Waals surface area contributed by atoms with Gasteiger partial charge in [0.05, 0.1) is 0 Å². The van der Waals surface area contributed by atoms with Crippen LogP contribution in [0.25, 0.3) is 0 Å². The van der Waals surface area contributed by atoms with Crippen LogP contribution in [-0.4, -0.2) is 0 Å². The lowest BCUT2D eigenvalue weighted by molar-refractivity contribution is 0.306. The summed E-state index contributed by atoms with van der Waals surface area (Å²) in [6.45, 7) is 11.9. The maximum atomic E-state index is 6.51. The molecule has 0 amide bonds. The number of ether oxygens (including phenoxy) is 1. The van der Waals surface area contributed by atoms with Crippen LogP contribution < -0.4 is 20.7 Å². The molecule has 35 heavy (non-hydrogen) atoms. The molecular weight excluding hydrogens is 462 g/mol. The minimum Gasteiger partial charge on any atom is -0.488 e. The van der Waals surface area contributed by atoms with E-state index < -0.39 is 0 Å². The van der Waals surface area contributed by atoms with Crippen molar-refractivity contribution < 1.29 is 4.74 Å². The molecule has 0 spiro atoms. The fraction of sp³-hybridized carbons (Fsp3) is 0.250. The average Bonchev–Trinajstić information content (AvgIpc) is 2.84. The van der Waals surface area contributed by atoms with Crippen LogP contribution in [0, 0.1) is 13.8 Å². The monoisotopic (exact) mass is 498 g/mol. The summed E-state index contributed by atoms with van der Waals surface area (Å²) in [5.74, 6) is 1.04. The van der Waals surface area contributed by atoms with Crippen molar-refractivity contribution >= 4 is 33.1 Å². The maximum Gasteiger partial charge on any atom is 0.130 e. The molecule has 0 bridgehead atoms. The van der Waals surface area contributed by atoms with Gasteiger partial charge in [0.15, 0.2) is 0 Å². The number of rotatable bonds is 8. The molecule has 2 atom stereocenters. The Morgan fingerprint density at radius 3 is 2.11 bits per heavy atom. The van der Waals surface area contributed by atoms with Gasteiger partial charge in [0.2, 0.25) is 0 Å². The summed E-state index contributed by atoms with van der Waals surface area (Å²) in [4.78, 5) is 0. The van der Waals surface area contributed by atoms with Crippen LogP contribution in [0.15, 0.2) is 91.0 Å². The summed E-state index contributed by atoms with van der Waals surface area (Å²) >= 11 is 0. The minimum atomic E-state index is 0.0885. The lowest BCUT2D eigenvalue weighted by Gasteiger charge is -2.24. The predicted octanol–water partition coefficient (Wildman–Crippen LogP) is 7.31. The highest BCUT2D eigenvalue weighted by atomic mass is 31.1. The zero-order chi connectivity index (χ0) is 24.8. The van der Waals surface area contributed by atoms with Crippen molar-refractivity contribution in [1.29, 1.82) is 0 Å². The normalized spacial score (nSPS) is 12.1. The Morgan fingerprint density at radius 2 is 1.43 bits per heavy atom. The molecule has 0 aliphatic rings. The first-order valence-corrected chi connectivity index (χ1v) is 14.5. The lowest BCUT2D eigenvalue weighted by atomic mass is 9.86. The van der Waals surface area contributed by atoms with Crippen molar-refractivity contribution in [3.63, 3.8) is 0 Å². The van der Waals surface area contributed by atoms with Gasteiger partial charge in [-0.1, -0.05) is 123 Å². The Bertz CT molecular complexity index is 1260. The Kier molecular flexibility index (Phi) is 8.43. The van der Waals surface area contributed by atoms with Crippen LogP contribution in [0.3, 0.4) is 0 Å². The molecule has 4 aromatic rings. The molecule has 0 heterocycles. The molecule has 4 aromatic carbocycles. The minimum absolute atomic E-state index is 0.0885. The quantitative estimate of drug-likeness (QED) is 0.231. The number of aryl methyl sites for hydroxylation is 2. The van der Waals surface area contributed by atoms with Gasteiger partial charge in [-0.3, -0.25) is 0 Å². The first-order chi connectivity index (χ1) is 16.8. The zero-order valence-electron chi connectivity index (χ0n) is 21.5. The van der Waals surface area contributed by atoms with Crippen molar-refractivity contribution in [2.75, 3.05) is 0 Å². The Morgan fingerprint density at radius 1 is 0.743 bits per heavy atom. The predicted molar refractivity (Wildman–Crippen MR) is 158 cm³/mol. The maximum absolute atomic E-state index is 6.51. The second-order valence-electron chi connectivity index (χ2n) is 10.1. The number of benzene rings is 4. The van der Waals surface area contributed by atoms with Gasteiger partial charge < -0.3 is 4.74 Å². The van der Waals surface area contributed by atoms with Gasteiger partial charge in [0.25, 0.3) is 0 Å². The van der Waals surface area contributed by atoms with E-state index in [-0.39, 0.29) is 5.41 Å². The van der Waals surface area contributed by atoms with E-state index in [1.54, 1.807) is 0 Å². The van der Waals surface area contributed by atoms with Crippen molar-refractivity contribution in [3.8, 4) is 5.75 Å². The smallest absolute Gasteiger partial charge is 0.130 e. The number of hydrogen-bond acceptors (Lipinski definition) is 1. The summed E-state index contributed by atoms with van der Waals surface area (Å²) < 4.78 is 6.51. The lowest BCUT2D eigenvalue weighted by Crippen LogP contribution is -2.19. The molecule has 3 heteroatoms. The number of hydrogen-bond donors (Lipinski definition) is 0. The summed E-state index contributed by atoms with van der Waals surface area (Å²) in [7, 11) is 1.33. The third kappa shape index (κ3) is 6.82. The van der Waals surface area contributed by atoms with E-state index in [2.05, 4.69) is 126 Å². The van der Waals surface area contributed by atoms with Crippen LogP contribution in [0.1, 0.15) is 48.6 Å². The summed E-state index contributed by atoms with van der Waals surface area (Å²) in [6, 6.07) is 32.8. The summed E-state index contributed by atoms with van der Waals surface area (Å²) in [5, 5.41) is 4.19. The molecule has 0 N–H and O–H groups in total. The SMILES string of the molecule is Cc1cc(C(C)(C)C)cc(Pc2c(C)cccc2CPc2ccccc2)c1OCc1ccccc1. The van der Waals surface area contributed by atoms with Crippen LogP contribution in [-0.2, 0) is 18.2 Å². The molecule has 0 saturated heterocycles. The van der Waals surface area contributed by atoms with Gasteiger partial charge in [0, 0.05) is 5.30 Å². The Labute approximate surface area is 214 Å². The molecule has 4 rings (SSSR count). The second-order valence-corrected chi connectivity index (χ2v) is 12.7. The van der Waals surface area contributed by atoms with Crippen LogP contribution in [0.5, 0.6) is 5.75 Å². The molecule has 0 saturated carbocycles. The third-order valence-electron chi connectivity index (χ3n) is 6.24. The highest BCUT2D eigenvalue weighted by molar-refractivity contribution is 7.56. The van der Waals surface area contributed by atoms with E-state index in [1.807, 2.05) is 0 Å². The van der Waals surface area contributed by atoms with Crippen molar-refractivity contribution in [1.82, 2.24) is 0 Å². The van der Waals surface area contributed by atoms with Gasteiger partial charge >= 0.3 is 0 Å². The zero-order valence-corrected chi connectivity index (χ0v) is 23.5. The first-order valence-electron chi connectivity index (χ1n) is 12.3. The topological polar surface area (TPSA) is 9.23 Å². The average molecular weight is 499 g/mol. The van der Waals surface area contributed by atoms with Gasteiger partial charge in [0.1, 0.15) is 12.4 Å². The van der Waals surface area contributed by atoms with Gasteiger partial charge in [-0.15, -0.1) is 0 Å². The largest absolute Gasteiger partial charge is 0.488 e. The van der Waals surface area contributed by atoms with Crippen LogP contribution >= 0.6 is 17.2 Å². The molecule has 0 fully saturated rings. The first kappa shape index (κ1) is 25.6. The van der Waals surface area contributed by atoms with Gasteiger partial charge in [-0.2, -0.15) is 0 Å². The Hall–Kier alpha value is -2.46. The van der Waals surface area contributed by atoms with E-state index in [9.17, 15) is 0 Å². The highest BCUT2D eigenvalue weighted by Crippen LogP contribution is 2.32. The molecule has 1 nitrogen and oxygen atoms in total. The van der Waals surface area contributed by atoms with E-state index in [1.165, 1.54) is 43.7 Å². The summed E-state index contributed by atoms with van der Waals surface area (Å²) in [6.07, 6.45) is 1.08. The molecule has 2 unspecified atom stereocenters. The van der Waals surface area contributed by atoms with E-state index in [0.29, 0.717) is 15.2 Å². The molecule has 0 aliphatic heterocycles. The Balaban J connectivity index is 1.68. The van der Waals surface area contributed by atoms with E-state index >= 15 is 0 Å². The van der Waals surface area contributed by atoms with E-state index in [0.717, 1.165) is 20.5 Å². The standard InChI is InChI=1S/C32H36OP2/c1-23-13-12-16-26(22-34-28-17-10-7-11-18-28)31(23)35-29-20-27(32(3,4)5)19-24(2)30(29)33-21-25-14-8-6-9-15-25/h6-20,34-35H,21-22H2,1-5H3. The highest BCUT2D eigenvalue weighted by Gasteiger charge is 2.20. The molecule has 180 valence electrons. The molecular formula is C32H36OP2. The van der Waals surface area contributed by atoms with Crippen molar-refractivity contribution in [3.05, 3.63) is 119 Å². The van der Waals surface area contributed by atoms with E-state index in [4.69, 9.17) is 4.74 Å². The van der Waals surface area contributed by atoms with Crippen molar-refractivity contribution in [2.45, 2.75) is 52.8 Å². The molecule has 0 aliphatic carbocycles. The fourth-order valence-corrected chi connectivity index (χ4v) is 6.95. The second kappa shape index (κ2) is 11.5. The third-order valence-corrected chi connectivity index (χ3v) is 9.15. The molecule has 0 aromatic heterocycles. The van der Waals surface area contributed by atoms with Gasteiger partial charge in [-0.05, 0) is 69.9 Å². The van der Waals surface area contributed by atoms with Gasteiger partial charge in [-0.25, -0.2) is 0 Å². The van der Waals surface area contributed by atoms with Crippen LogP contribution in [0.4, 0.5) is 0 Å². The summed E-state index contributed by atoms with van der Waals surface area (Å²) in [5.41, 5.74) is 6.69. The van der Waals surface area contributed by atoms with Crippen molar-refractivity contribution in [2.24, 2.45) is 0 Å². The molecule has 0 radical (unpaired) electrons. The fourth-order valence-electron chi connectivity index (χ4n) is 4.16. The van der Waals surface area contributed by atoms with Crippen LogP contribution in [0.2, 0.25) is 0 Å².